The van der Waals surface area contributed by atoms with Crippen molar-refractivity contribution in [1.29, 1.82) is 0 Å². The fourth-order valence-electron chi connectivity index (χ4n) is 13.1. The number of nitrogens with one attached hydrogen (secondary N) is 2. The van der Waals surface area contributed by atoms with Crippen LogP contribution in [0.15, 0.2) is 167 Å². The topological polar surface area (TPSA) is 126 Å². The maximum atomic E-state index is 15.1. The van der Waals surface area contributed by atoms with E-state index < -0.39 is 11.8 Å². The highest BCUT2D eigenvalue weighted by molar-refractivity contribution is 6.31. The molecular formula is C67H50N4O4. The van der Waals surface area contributed by atoms with Crippen molar-refractivity contribution in [3.8, 4) is 33.4 Å². The van der Waals surface area contributed by atoms with Crippen LogP contribution in [0.25, 0.3) is 79.8 Å². The van der Waals surface area contributed by atoms with Gasteiger partial charge >= 0.3 is 0 Å². The van der Waals surface area contributed by atoms with Gasteiger partial charge in [0.1, 0.15) is 0 Å². The second kappa shape index (κ2) is 17.1. The van der Waals surface area contributed by atoms with Gasteiger partial charge in [-0.15, -0.1) is 0 Å². The number of benzene rings is 4. The zero-order valence-electron chi connectivity index (χ0n) is 41.8. The summed E-state index contributed by atoms with van der Waals surface area (Å²) in [6.07, 6.45) is 15.6. The molecule has 0 unspecified atom stereocenters. The Kier molecular flexibility index (Phi) is 10.2. The average molecular weight is 975 g/mol. The summed E-state index contributed by atoms with van der Waals surface area (Å²) in [5, 5.41) is 0. The summed E-state index contributed by atoms with van der Waals surface area (Å²) in [6.45, 7) is 6.31. The minimum atomic E-state index is -0.757. The van der Waals surface area contributed by atoms with Gasteiger partial charge in [-0.2, -0.15) is 0 Å². The van der Waals surface area contributed by atoms with E-state index in [1.54, 1.807) is 6.08 Å². The third-order valence-corrected chi connectivity index (χ3v) is 16.7. The second-order valence-corrected chi connectivity index (χ2v) is 21.2. The minimum Gasteiger partial charge on any atom is -0.355 e. The fraction of sp³-hybridized carbons (Fsp3) is 0.164. The number of H-pyrrole nitrogens is 2. The molecule has 0 spiro atoms. The molecular weight excluding hydrogens is 925 g/mol. The summed E-state index contributed by atoms with van der Waals surface area (Å²) in [6, 6.07) is 42.2. The van der Waals surface area contributed by atoms with Crippen molar-refractivity contribution in [2.45, 2.75) is 64.2 Å². The Labute approximate surface area is 433 Å². The van der Waals surface area contributed by atoms with Crippen LogP contribution in [0.4, 0.5) is 0 Å². The van der Waals surface area contributed by atoms with Crippen molar-refractivity contribution in [1.82, 2.24) is 19.9 Å². The van der Waals surface area contributed by atoms with Crippen molar-refractivity contribution in [2.75, 3.05) is 0 Å². The van der Waals surface area contributed by atoms with E-state index in [1.807, 2.05) is 24.3 Å². The third kappa shape index (κ3) is 7.10. The molecule has 1 saturated carbocycles. The van der Waals surface area contributed by atoms with Crippen molar-refractivity contribution in [3.63, 3.8) is 0 Å². The number of nitrogens with zero attached hydrogens (tertiary/aromatic N) is 2. The first kappa shape index (κ1) is 44.8. The van der Waals surface area contributed by atoms with Gasteiger partial charge < -0.3 is 9.97 Å². The summed E-state index contributed by atoms with van der Waals surface area (Å²) in [5.41, 5.74) is 21.6. The number of fused-ring (bicyclic) bond motifs is 8. The molecule has 6 aliphatic carbocycles. The predicted molar refractivity (Wildman–Crippen MR) is 297 cm³/mol. The van der Waals surface area contributed by atoms with E-state index in [4.69, 9.17) is 9.97 Å². The summed E-state index contributed by atoms with van der Waals surface area (Å²) in [4.78, 5) is 75.6. The number of rotatable bonds is 5. The molecule has 8 heteroatoms. The minimum absolute atomic E-state index is 0.0557. The number of carbonyl (C=O) groups is 4. The van der Waals surface area contributed by atoms with Crippen molar-refractivity contribution >= 4 is 69.5 Å². The molecule has 3 aromatic heterocycles. The van der Waals surface area contributed by atoms with Gasteiger partial charge in [0.15, 0.2) is 23.1 Å². The number of hydrogen-bond donors (Lipinski definition) is 2. The van der Waals surface area contributed by atoms with Crippen LogP contribution in [0.5, 0.6) is 0 Å². The van der Waals surface area contributed by atoms with Crippen LogP contribution >= 0.6 is 0 Å². The lowest BCUT2D eigenvalue weighted by Crippen LogP contribution is -2.41. The van der Waals surface area contributed by atoms with Gasteiger partial charge in [-0.3, -0.25) is 19.2 Å². The first-order valence-electron chi connectivity index (χ1n) is 26.1. The average Bonchev–Trinajstić information content (AvgIpc) is 4.30. The van der Waals surface area contributed by atoms with E-state index in [9.17, 15) is 14.4 Å². The molecule has 2 aliphatic heterocycles. The maximum Gasteiger partial charge on any atom is 0.186 e. The lowest BCUT2D eigenvalue weighted by Gasteiger charge is -2.45. The Hall–Kier alpha value is -8.88. The van der Waals surface area contributed by atoms with Crippen LogP contribution in [0.3, 0.4) is 0 Å². The Morgan fingerprint density at radius 3 is 1.27 bits per heavy atom. The predicted octanol–water partition coefficient (Wildman–Crippen LogP) is 14.1. The number of hydrogen-bond acceptors (Lipinski definition) is 6. The van der Waals surface area contributed by atoms with E-state index in [0.717, 1.165) is 108 Å². The summed E-state index contributed by atoms with van der Waals surface area (Å²) >= 11 is 0. The summed E-state index contributed by atoms with van der Waals surface area (Å²) in [5.74, 6) is -2.57. The van der Waals surface area contributed by atoms with Crippen LogP contribution in [0.2, 0.25) is 0 Å². The van der Waals surface area contributed by atoms with E-state index in [0.29, 0.717) is 40.7 Å². The molecule has 75 heavy (non-hydrogen) atoms. The van der Waals surface area contributed by atoms with Crippen LogP contribution in [0.1, 0.15) is 99.6 Å². The monoisotopic (exact) mass is 974 g/mol. The third-order valence-electron chi connectivity index (χ3n) is 16.7. The van der Waals surface area contributed by atoms with Gasteiger partial charge in [-0.1, -0.05) is 114 Å². The Morgan fingerprint density at radius 1 is 0.400 bits per heavy atom. The van der Waals surface area contributed by atoms with Crippen LogP contribution < -0.4 is 0 Å². The highest BCUT2D eigenvalue weighted by Gasteiger charge is 2.53. The molecule has 8 aliphatic rings. The number of aryl methyl sites for hydroxylation is 3. The molecule has 362 valence electrons. The van der Waals surface area contributed by atoms with Gasteiger partial charge in [0, 0.05) is 84.0 Å². The highest BCUT2D eigenvalue weighted by Crippen LogP contribution is 2.59. The maximum absolute atomic E-state index is 15.1. The molecule has 0 saturated heterocycles. The van der Waals surface area contributed by atoms with Gasteiger partial charge in [-0.05, 0) is 153 Å². The lowest BCUT2D eigenvalue weighted by atomic mass is 9.55. The molecule has 0 radical (unpaired) electrons. The number of Topliss-reactive ketones (excluding diaryl/α,β-unsaturated/α-hetero) is 1. The molecule has 7 aromatic rings. The van der Waals surface area contributed by atoms with Crippen molar-refractivity contribution in [2.24, 2.45) is 5.92 Å². The quantitative estimate of drug-likeness (QED) is 0.165. The highest BCUT2D eigenvalue weighted by atomic mass is 16.1. The smallest absolute Gasteiger partial charge is 0.186 e. The Balaban J connectivity index is 0.912. The molecule has 2 N–H and O–H groups in total. The molecule has 8 nitrogen and oxygen atoms in total. The number of aromatic amines is 2. The SMILES string of the molecule is Cc1ccc(-c2c3nc(c(-c4ccc(C)cc4)c4ccc([nH]4)c(C4CCC(C5=CC(=O)C6=C(C5=O)[C@H]5C7=C(C(=O)C=CC7=O)[C@@H]6c6ccccc65)CC4)c4nc(c(-c5ccc(C)cc5)c5ccc2[nH]5)C=C4)C=C3)cc1. The Morgan fingerprint density at radius 2 is 0.787 bits per heavy atom. The number of ketones is 4. The first-order chi connectivity index (χ1) is 36.6. The molecule has 2 atom stereocenters. The van der Waals surface area contributed by atoms with Crippen LogP contribution in [-0.2, 0) is 19.2 Å². The fourth-order valence-corrected chi connectivity index (χ4v) is 13.1. The van der Waals surface area contributed by atoms with Gasteiger partial charge in [-0.25, -0.2) is 9.97 Å². The van der Waals surface area contributed by atoms with Gasteiger partial charge in [0.25, 0.3) is 0 Å². The standard InChI is InChI=1S/C67H50N4O4/c1-35-8-14-39(15-9-35)57-46-24-26-48(68-46)58(40-16-10-36(2)11-17-40)50-28-30-52(70-50)60(53-31-29-51(71-53)59(49-27-25-47(57)69-49)41-18-12-37(3)13-19-41)42-22-20-38(21-23-42)45-34-56(74)65-61-43-6-4-5-7-44(43)62(66(65)67(45)75)64-55(73)33-32-54(72)63(61)64/h4-19,24-34,38,42,61-62,68,71H,20-23H2,1-3H3/t38?,42?,61-,62+/m0/s1. The summed E-state index contributed by atoms with van der Waals surface area (Å²) < 4.78 is 0. The van der Waals surface area contributed by atoms with Gasteiger partial charge in [0.05, 0.1) is 22.8 Å². The zero-order chi connectivity index (χ0) is 50.8. The van der Waals surface area contributed by atoms with Crippen LogP contribution in [-0.4, -0.2) is 43.1 Å². The van der Waals surface area contributed by atoms with E-state index in [1.165, 1.54) is 28.8 Å². The molecule has 10 bridgehead atoms. The lowest BCUT2D eigenvalue weighted by molar-refractivity contribution is -0.118. The number of carbonyl (C=O) groups excluding carboxylic acids is 4. The van der Waals surface area contributed by atoms with Crippen molar-refractivity contribution in [3.05, 3.63) is 224 Å². The molecule has 5 heterocycles. The number of aromatic nitrogens is 4. The Bertz CT molecular complexity index is 4060. The molecule has 0 amide bonds. The largest absolute Gasteiger partial charge is 0.355 e. The first-order valence-corrected chi connectivity index (χ1v) is 26.1. The van der Waals surface area contributed by atoms with Crippen LogP contribution in [0, 0.1) is 26.7 Å². The zero-order valence-corrected chi connectivity index (χ0v) is 41.8. The number of allylic oxidation sites excluding steroid dienone is 8. The molecule has 4 aromatic carbocycles. The van der Waals surface area contributed by atoms with Crippen molar-refractivity contribution < 1.29 is 19.2 Å². The van der Waals surface area contributed by atoms with E-state index in [-0.39, 0.29) is 35.0 Å². The van der Waals surface area contributed by atoms with Gasteiger partial charge in [0.2, 0.25) is 0 Å². The van der Waals surface area contributed by atoms with E-state index in [2.05, 4.69) is 152 Å². The van der Waals surface area contributed by atoms with E-state index >= 15 is 4.79 Å². The normalized spacial score (nSPS) is 20.4. The second-order valence-electron chi connectivity index (χ2n) is 21.2. The molecule has 15 rings (SSSR count). The summed E-state index contributed by atoms with van der Waals surface area (Å²) in [7, 11) is 0. The molecule has 1 fully saturated rings.